The SMILES string of the molecule is CN=C(NCCCOCC1CCCO1)NCC(C)C.I. The third-order valence-corrected chi connectivity index (χ3v) is 2.99. The lowest BCUT2D eigenvalue weighted by atomic mass is 10.2. The van der Waals surface area contributed by atoms with Gasteiger partial charge in [0.25, 0.3) is 0 Å². The van der Waals surface area contributed by atoms with Crippen LogP contribution in [0, 0.1) is 5.92 Å². The second-order valence-corrected chi connectivity index (χ2v) is 5.34. The smallest absolute Gasteiger partial charge is 0.190 e. The maximum Gasteiger partial charge on any atom is 0.190 e. The van der Waals surface area contributed by atoms with E-state index in [0.717, 1.165) is 51.7 Å². The van der Waals surface area contributed by atoms with Gasteiger partial charge < -0.3 is 20.1 Å². The molecule has 1 rings (SSSR count). The van der Waals surface area contributed by atoms with Gasteiger partial charge in [-0.25, -0.2) is 0 Å². The molecule has 1 atom stereocenters. The summed E-state index contributed by atoms with van der Waals surface area (Å²) < 4.78 is 11.1. The molecule has 0 spiro atoms. The van der Waals surface area contributed by atoms with Crippen molar-refractivity contribution in [2.45, 2.75) is 39.2 Å². The second kappa shape index (κ2) is 12.6. The highest BCUT2D eigenvalue weighted by Crippen LogP contribution is 2.11. The van der Waals surface area contributed by atoms with Crippen molar-refractivity contribution in [2.75, 3.05) is 40.0 Å². The van der Waals surface area contributed by atoms with Crippen LogP contribution in [-0.2, 0) is 9.47 Å². The van der Waals surface area contributed by atoms with E-state index < -0.39 is 0 Å². The van der Waals surface area contributed by atoms with Gasteiger partial charge in [-0.05, 0) is 25.2 Å². The Kier molecular flexibility index (Phi) is 12.6. The second-order valence-electron chi connectivity index (χ2n) is 5.34. The van der Waals surface area contributed by atoms with Crippen LogP contribution in [0.4, 0.5) is 0 Å². The normalized spacial score (nSPS) is 19.0. The Morgan fingerprint density at radius 3 is 2.80 bits per heavy atom. The van der Waals surface area contributed by atoms with Gasteiger partial charge in [-0.1, -0.05) is 13.8 Å². The van der Waals surface area contributed by atoms with Gasteiger partial charge in [0.05, 0.1) is 12.7 Å². The van der Waals surface area contributed by atoms with Crippen LogP contribution in [-0.4, -0.2) is 52.0 Å². The first-order chi connectivity index (χ1) is 9.22. The van der Waals surface area contributed by atoms with E-state index in [-0.39, 0.29) is 24.0 Å². The molecule has 0 aliphatic carbocycles. The van der Waals surface area contributed by atoms with Crippen LogP contribution in [0.15, 0.2) is 4.99 Å². The molecule has 120 valence electrons. The molecule has 0 bridgehead atoms. The monoisotopic (exact) mass is 399 g/mol. The fourth-order valence-electron chi connectivity index (χ4n) is 1.89. The first-order valence-electron chi connectivity index (χ1n) is 7.36. The largest absolute Gasteiger partial charge is 0.379 e. The molecule has 20 heavy (non-hydrogen) atoms. The van der Waals surface area contributed by atoms with Crippen LogP contribution >= 0.6 is 24.0 Å². The quantitative estimate of drug-likeness (QED) is 0.284. The fourth-order valence-corrected chi connectivity index (χ4v) is 1.89. The number of hydrogen-bond acceptors (Lipinski definition) is 3. The highest BCUT2D eigenvalue weighted by molar-refractivity contribution is 14.0. The summed E-state index contributed by atoms with van der Waals surface area (Å²) in [5, 5.41) is 6.56. The Hall–Kier alpha value is -0.0800. The molecule has 1 fully saturated rings. The Morgan fingerprint density at radius 2 is 2.20 bits per heavy atom. The minimum Gasteiger partial charge on any atom is -0.379 e. The highest BCUT2D eigenvalue weighted by atomic mass is 127. The van der Waals surface area contributed by atoms with Gasteiger partial charge in [0.2, 0.25) is 0 Å². The first-order valence-corrected chi connectivity index (χ1v) is 7.36. The molecule has 0 radical (unpaired) electrons. The molecular formula is C14H30IN3O2. The number of halogens is 1. The van der Waals surface area contributed by atoms with Gasteiger partial charge >= 0.3 is 0 Å². The molecule has 0 aromatic carbocycles. The Bertz CT molecular complexity index is 257. The van der Waals surface area contributed by atoms with Gasteiger partial charge in [-0.3, -0.25) is 4.99 Å². The van der Waals surface area contributed by atoms with E-state index in [2.05, 4.69) is 29.5 Å². The number of rotatable bonds is 8. The average Bonchev–Trinajstić information content (AvgIpc) is 2.90. The number of nitrogens with one attached hydrogen (secondary N) is 2. The van der Waals surface area contributed by atoms with E-state index in [9.17, 15) is 0 Å². The summed E-state index contributed by atoms with van der Waals surface area (Å²) >= 11 is 0. The van der Waals surface area contributed by atoms with Crippen molar-refractivity contribution in [3.63, 3.8) is 0 Å². The number of guanidine groups is 1. The topological polar surface area (TPSA) is 54.9 Å². The predicted octanol–water partition coefficient (Wildman–Crippen LogP) is 2.01. The molecule has 1 saturated heterocycles. The molecule has 1 aliphatic heterocycles. The van der Waals surface area contributed by atoms with Crippen LogP contribution in [0.25, 0.3) is 0 Å². The highest BCUT2D eigenvalue weighted by Gasteiger charge is 2.14. The van der Waals surface area contributed by atoms with E-state index in [1.54, 1.807) is 7.05 Å². The Morgan fingerprint density at radius 1 is 1.40 bits per heavy atom. The number of hydrogen-bond donors (Lipinski definition) is 2. The van der Waals surface area contributed by atoms with Crippen molar-refractivity contribution in [1.29, 1.82) is 0 Å². The molecule has 1 aliphatic rings. The first kappa shape index (κ1) is 19.9. The van der Waals surface area contributed by atoms with Crippen LogP contribution in [0.2, 0.25) is 0 Å². The molecule has 5 nitrogen and oxygen atoms in total. The zero-order valence-corrected chi connectivity index (χ0v) is 15.3. The average molecular weight is 399 g/mol. The minimum absolute atomic E-state index is 0. The van der Waals surface area contributed by atoms with Gasteiger partial charge in [-0.2, -0.15) is 0 Å². The van der Waals surface area contributed by atoms with E-state index in [1.165, 1.54) is 6.42 Å². The van der Waals surface area contributed by atoms with Crippen LogP contribution in [0.5, 0.6) is 0 Å². The third-order valence-electron chi connectivity index (χ3n) is 2.99. The van der Waals surface area contributed by atoms with Crippen molar-refractivity contribution in [3.05, 3.63) is 0 Å². The van der Waals surface area contributed by atoms with Crippen molar-refractivity contribution in [2.24, 2.45) is 10.9 Å². The summed E-state index contributed by atoms with van der Waals surface area (Å²) in [5.41, 5.74) is 0. The standard InChI is InChI=1S/C14H29N3O2.HI/c1-12(2)10-17-14(15-3)16-7-5-8-18-11-13-6-4-9-19-13;/h12-13H,4-11H2,1-3H3,(H2,15,16,17);1H. The Labute approximate surface area is 140 Å². The zero-order chi connectivity index (χ0) is 13.9. The fraction of sp³-hybridized carbons (Fsp3) is 0.929. The van der Waals surface area contributed by atoms with E-state index >= 15 is 0 Å². The lowest BCUT2D eigenvalue weighted by Gasteiger charge is -2.14. The van der Waals surface area contributed by atoms with Crippen molar-refractivity contribution in [1.82, 2.24) is 10.6 Å². The summed E-state index contributed by atoms with van der Waals surface area (Å²) in [6.07, 6.45) is 3.63. The zero-order valence-electron chi connectivity index (χ0n) is 13.0. The predicted molar refractivity (Wildman–Crippen MR) is 94.0 cm³/mol. The van der Waals surface area contributed by atoms with E-state index in [0.29, 0.717) is 12.0 Å². The maximum atomic E-state index is 5.61. The summed E-state index contributed by atoms with van der Waals surface area (Å²) in [4.78, 5) is 4.17. The molecule has 2 N–H and O–H groups in total. The minimum atomic E-state index is 0. The molecule has 0 aromatic rings. The molecule has 0 aromatic heterocycles. The summed E-state index contributed by atoms with van der Waals surface area (Å²) in [7, 11) is 1.80. The molecule has 0 saturated carbocycles. The number of ether oxygens (including phenoxy) is 2. The molecule has 0 amide bonds. The van der Waals surface area contributed by atoms with Crippen LogP contribution < -0.4 is 10.6 Å². The van der Waals surface area contributed by atoms with Crippen LogP contribution in [0.3, 0.4) is 0 Å². The maximum absolute atomic E-state index is 5.61. The van der Waals surface area contributed by atoms with Crippen molar-refractivity contribution in [3.8, 4) is 0 Å². The van der Waals surface area contributed by atoms with Gasteiger partial charge in [0.15, 0.2) is 5.96 Å². The number of aliphatic imine (C=N–C) groups is 1. The number of nitrogens with zero attached hydrogens (tertiary/aromatic N) is 1. The lowest BCUT2D eigenvalue weighted by molar-refractivity contribution is 0.0168. The van der Waals surface area contributed by atoms with Gasteiger partial charge in [0.1, 0.15) is 0 Å². The lowest BCUT2D eigenvalue weighted by Crippen LogP contribution is -2.39. The summed E-state index contributed by atoms with van der Waals surface area (Å²) in [6.45, 7) is 8.58. The van der Waals surface area contributed by atoms with Crippen molar-refractivity contribution < 1.29 is 9.47 Å². The molecular weight excluding hydrogens is 369 g/mol. The van der Waals surface area contributed by atoms with E-state index in [4.69, 9.17) is 9.47 Å². The van der Waals surface area contributed by atoms with Gasteiger partial charge in [-0.15, -0.1) is 24.0 Å². The molecule has 1 heterocycles. The van der Waals surface area contributed by atoms with Crippen LogP contribution in [0.1, 0.15) is 33.1 Å². The Balaban J connectivity index is 0.00000361. The summed E-state index contributed by atoms with van der Waals surface area (Å²) in [5.74, 6) is 1.49. The third kappa shape index (κ3) is 9.77. The molecule has 6 heteroatoms. The molecule has 1 unspecified atom stereocenters. The summed E-state index contributed by atoms with van der Waals surface area (Å²) in [6, 6.07) is 0. The van der Waals surface area contributed by atoms with Gasteiger partial charge in [0, 0.05) is 33.4 Å². The van der Waals surface area contributed by atoms with E-state index in [1.807, 2.05) is 0 Å². The van der Waals surface area contributed by atoms with Crippen molar-refractivity contribution >= 4 is 29.9 Å².